The number of hydrazone groups is 1. The van der Waals surface area contributed by atoms with Gasteiger partial charge in [-0.1, -0.05) is 35.9 Å². The third-order valence-electron chi connectivity index (χ3n) is 5.33. The summed E-state index contributed by atoms with van der Waals surface area (Å²) in [5.74, 6) is -1.40. The number of carbonyl (C=O) groups excluding carboxylic acids is 3. The van der Waals surface area contributed by atoms with Crippen molar-refractivity contribution < 1.29 is 23.9 Å². The fourth-order valence-corrected chi connectivity index (χ4v) is 3.51. The predicted molar refractivity (Wildman–Crippen MR) is 144 cm³/mol. The highest BCUT2D eigenvalue weighted by molar-refractivity contribution is 6.39. The van der Waals surface area contributed by atoms with Crippen LogP contribution in [0, 0.1) is 20.8 Å². The number of halogens is 1. The van der Waals surface area contributed by atoms with E-state index in [-0.39, 0.29) is 12.5 Å². The van der Waals surface area contributed by atoms with Gasteiger partial charge in [-0.15, -0.1) is 0 Å². The van der Waals surface area contributed by atoms with E-state index in [0.717, 1.165) is 16.7 Å². The second-order valence-electron chi connectivity index (χ2n) is 8.13. The van der Waals surface area contributed by atoms with Gasteiger partial charge in [-0.25, -0.2) is 5.43 Å². The van der Waals surface area contributed by atoms with Crippen molar-refractivity contribution in [2.24, 2.45) is 5.10 Å². The van der Waals surface area contributed by atoms with Crippen LogP contribution < -0.4 is 25.5 Å². The molecule has 0 aliphatic rings. The monoisotopic (exact) mass is 522 g/mol. The summed E-state index contributed by atoms with van der Waals surface area (Å²) in [5.41, 5.74) is 6.51. The van der Waals surface area contributed by atoms with Crippen LogP contribution in [0.3, 0.4) is 0 Å². The van der Waals surface area contributed by atoms with E-state index in [4.69, 9.17) is 21.1 Å². The molecule has 10 heteroatoms. The molecule has 0 unspecified atom stereocenters. The van der Waals surface area contributed by atoms with Crippen molar-refractivity contribution in [3.63, 3.8) is 0 Å². The Labute approximate surface area is 219 Å². The molecule has 0 bridgehead atoms. The van der Waals surface area contributed by atoms with Crippen LogP contribution in [0.25, 0.3) is 0 Å². The van der Waals surface area contributed by atoms with Gasteiger partial charge in [-0.05, 0) is 73.4 Å². The van der Waals surface area contributed by atoms with Crippen LogP contribution in [-0.2, 0) is 14.4 Å². The quantitative estimate of drug-likeness (QED) is 0.230. The maximum Gasteiger partial charge on any atom is 0.329 e. The largest absolute Gasteiger partial charge is 0.493 e. The van der Waals surface area contributed by atoms with E-state index in [1.54, 1.807) is 30.3 Å². The van der Waals surface area contributed by atoms with E-state index in [9.17, 15) is 14.4 Å². The van der Waals surface area contributed by atoms with Gasteiger partial charge in [0.2, 0.25) is 0 Å². The molecule has 0 saturated heterocycles. The first kappa shape index (κ1) is 27.2. The molecule has 37 heavy (non-hydrogen) atoms. The number of ether oxygens (including phenoxy) is 2. The number of nitrogens with one attached hydrogen (secondary N) is 3. The molecule has 3 N–H and O–H groups in total. The number of para-hydroxylation sites is 1. The normalized spacial score (nSPS) is 10.6. The van der Waals surface area contributed by atoms with Gasteiger partial charge in [0.25, 0.3) is 5.91 Å². The fraction of sp³-hybridized carbons (Fsp3) is 0.185. The lowest BCUT2D eigenvalue weighted by Crippen LogP contribution is -2.32. The third-order valence-corrected chi connectivity index (χ3v) is 5.56. The van der Waals surface area contributed by atoms with E-state index in [0.29, 0.717) is 33.5 Å². The van der Waals surface area contributed by atoms with Gasteiger partial charge in [0.05, 0.1) is 13.3 Å². The molecule has 0 aromatic heterocycles. The van der Waals surface area contributed by atoms with Crippen molar-refractivity contribution in [3.05, 3.63) is 81.9 Å². The molecule has 3 aromatic rings. The number of nitrogens with zero attached hydrogens (tertiary/aromatic N) is 1. The number of aryl methyl sites for hydroxylation is 3. The average Bonchev–Trinajstić information content (AvgIpc) is 2.87. The molecule has 3 rings (SSSR count). The van der Waals surface area contributed by atoms with E-state index in [1.807, 2.05) is 45.0 Å². The first-order valence-corrected chi connectivity index (χ1v) is 11.6. The molecule has 0 fully saturated rings. The second-order valence-corrected chi connectivity index (χ2v) is 8.56. The number of rotatable bonds is 8. The number of amides is 3. The van der Waals surface area contributed by atoms with Crippen LogP contribution in [0.1, 0.15) is 22.3 Å². The van der Waals surface area contributed by atoms with Gasteiger partial charge in [0, 0.05) is 16.4 Å². The zero-order chi connectivity index (χ0) is 26.9. The van der Waals surface area contributed by atoms with Crippen molar-refractivity contribution >= 4 is 46.9 Å². The molecular weight excluding hydrogens is 496 g/mol. The lowest BCUT2D eigenvalue weighted by atomic mass is 10.1. The van der Waals surface area contributed by atoms with Gasteiger partial charge in [-0.3, -0.25) is 14.4 Å². The summed E-state index contributed by atoms with van der Waals surface area (Å²) >= 11 is 5.99. The number of anilines is 2. The molecule has 3 aromatic carbocycles. The van der Waals surface area contributed by atoms with Gasteiger partial charge in [0.1, 0.15) is 0 Å². The lowest BCUT2D eigenvalue weighted by Gasteiger charge is -2.12. The Bertz CT molecular complexity index is 1340. The third kappa shape index (κ3) is 7.55. The molecule has 3 amide bonds. The van der Waals surface area contributed by atoms with Crippen LogP contribution in [0.2, 0.25) is 5.02 Å². The summed E-state index contributed by atoms with van der Waals surface area (Å²) < 4.78 is 10.9. The molecular formula is C27H27ClN4O5. The Kier molecular flexibility index (Phi) is 9.23. The zero-order valence-corrected chi connectivity index (χ0v) is 21.6. The SMILES string of the molecule is COc1cc(/C=N\NC(=O)C(=O)Nc2c(C)cccc2C)ccc1OCC(=O)Nc1cc(Cl)ccc1C. The van der Waals surface area contributed by atoms with Crippen molar-refractivity contribution in [1.29, 1.82) is 0 Å². The van der Waals surface area contributed by atoms with Crippen molar-refractivity contribution in [3.8, 4) is 11.5 Å². The molecule has 0 spiro atoms. The van der Waals surface area contributed by atoms with E-state index in [1.165, 1.54) is 13.3 Å². The Morgan fingerprint density at radius 2 is 1.62 bits per heavy atom. The van der Waals surface area contributed by atoms with Crippen LogP contribution >= 0.6 is 11.6 Å². The van der Waals surface area contributed by atoms with E-state index >= 15 is 0 Å². The Morgan fingerprint density at radius 3 is 2.32 bits per heavy atom. The first-order chi connectivity index (χ1) is 17.7. The summed E-state index contributed by atoms with van der Waals surface area (Å²) in [6, 6.07) is 15.6. The summed E-state index contributed by atoms with van der Waals surface area (Å²) in [6.45, 7) is 5.29. The first-order valence-electron chi connectivity index (χ1n) is 11.3. The lowest BCUT2D eigenvalue weighted by molar-refractivity contribution is -0.136. The fourth-order valence-electron chi connectivity index (χ4n) is 3.34. The molecule has 0 saturated carbocycles. The second kappa shape index (κ2) is 12.5. The average molecular weight is 523 g/mol. The summed E-state index contributed by atoms with van der Waals surface area (Å²) in [4.78, 5) is 36.7. The highest BCUT2D eigenvalue weighted by Gasteiger charge is 2.15. The molecule has 0 radical (unpaired) electrons. The molecule has 0 heterocycles. The van der Waals surface area contributed by atoms with Crippen molar-refractivity contribution in [1.82, 2.24) is 5.43 Å². The zero-order valence-electron chi connectivity index (χ0n) is 20.8. The van der Waals surface area contributed by atoms with Crippen molar-refractivity contribution in [2.75, 3.05) is 24.4 Å². The summed E-state index contributed by atoms with van der Waals surface area (Å²) in [6.07, 6.45) is 1.35. The maximum absolute atomic E-state index is 12.3. The van der Waals surface area contributed by atoms with Crippen LogP contribution in [0.15, 0.2) is 59.7 Å². The highest BCUT2D eigenvalue weighted by atomic mass is 35.5. The highest BCUT2D eigenvalue weighted by Crippen LogP contribution is 2.28. The minimum atomic E-state index is -0.910. The number of carbonyl (C=O) groups is 3. The predicted octanol–water partition coefficient (Wildman–Crippen LogP) is 4.38. The number of benzene rings is 3. The molecule has 0 atom stereocenters. The summed E-state index contributed by atoms with van der Waals surface area (Å²) in [5, 5.41) is 9.70. The van der Waals surface area contributed by atoms with Crippen LogP contribution in [0.4, 0.5) is 11.4 Å². The van der Waals surface area contributed by atoms with Crippen LogP contribution in [-0.4, -0.2) is 37.7 Å². The number of hydrogen-bond donors (Lipinski definition) is 3. The standard InChI is InChI=1S/C27H27ClN4O5/c1-16-8-10-20(28)13-21(16)30-24(33)15-37-22-11-9-19(12-23(22)36-4)14-29-32-27(35)26(34)31-25-17(2)6-5-7-18(25)3/h5-14H,15H2,1-4H3,(H,30,33)(H,31,34)(H,32,35)/b29-14-. The maximum atomic E-state index is 12.3. The molecule has 192 valence electrons. The topological polar surface area (TPSA) is 118 Å². The van der Waals surface area contributed by atoms with E-state index in [2.05, 4.69) is 21.2 Å². The van der Waals surface area contributed by atoms with Gasteiger partial charge in [0.15, 0.2) is 18.1 Å². The smallest absolute Gasteiger partial charge is 0.329 e. The van der Waals surface area contributed by atoms with E-state index < -0.39 is 11.8 Å². The minimum Gasteiger partial charge on any atom is -0.493 e. The Hall–Kier alpha value is -4.37. The van der Waals surface area contributed by atoms with Gasteiger partial charge >= 0.3 is 11.8 Å². The molecule has 0 aliphatic heterocycles. The number of methoxy groups -OCH3 is 1. The van der Waals surface area contributed by atoms with Gasteiger partial charge in [-0.2, -0.15) is 5.10 Å². The summed E-state index contributed by atoms with van der Waals surface area (Å²) in [7, 11) is 1.46. The van der Waals surface area contributed by atoms with Crippen molar-refractivity contribution in [2.45, 2.75) is 20.8 Å². The minimum absolute atomic E-state index is 0.249. The number of hydrogen-bond acceptors (Lipinski definition) is 6. The molecule has 9 nitrogen and oxygen atoms in total. The Balaban J connectivity index is 1.56. The molecule has 0 aliphatic carbocycles. The van der Waals surface area contributed by atoms with Gasteiger partial charge < -0.3 is 20.1 Å². The van der Waals surface area contributed by atoms with Crippen LogP contribution in [0.5, 0.6) is 11.5 Å². The Morgan fingerprint density at radius 1 is 0.892 bits per heavy atom.